The Bertz CT molecular complexity index is 1510. The monoisotopic (exact) mass is 519 g/mol. The average molecular weight is 520 g/mol. The Balaban J connectivity index is 1.46. The number of aryl methyl sites for hydroxylation is 5. The lowest BCUT2D eigenvalue weighted by Gasteiger charge is -2.37. The molecule has 5 nitrogen and oxygen atoms in total. The number of ketones is 1. The minimum Gasteiger partial charge on any atom is -0.368 e. The summed E-state index contributed by atoms with van der Waals surface area (Å²) in [5, 5.41) is 0. The van der Waals surface area contributed by atoms with Crippen LogP contribution in [0.25, 0.3) is 0 Å². The van der Waals surface area contributed by atoms with Crippen LogP contribution >= 0.6 is 0 Å². The first-order chi connectivity index (χ1) is 18.7. The molecule has 1 fully saturated rings. The van der Waals surface area contributed by atoms with Crippen molar-refractivity contribution in [3.63, 3.8) is 0 Å². The third kappa shape index (κ3) is 5.53. The highest BCUT2D eigenvalue weighted by Gasteiger charge is 2.31. The largest absolute Gasteiger partial charge is 0.368 e. The van der Waals surface area contributed by atoms with Crippen LogP contribution < -0.4 is 4.90 Å². The summed E-state index contributed by atoms with van der Waals surface area (Å²) in [6, 6.07) is 22.5. The van der Waals surface area contributed by atoms with Gasteiger partial charge in [-0.25, -0.2) is 0 Å². The Kier molecular flexibility index (Phi) is 7.42. The van der Waals surface area contributed by atoms with Crippen LogP contribution in [0.2, 0.25) is 0 Å². The number of carbonyl (C=O) groups is 2. The van der Waals surface area contributed by atoms with E-state index in [0.29, 0.717) is 36.5 Å². The van der Waals surface area contributed by atoms with E-state index in [2.05, 4.69) is 68.1 Å². The SMILES string of the molecule is Cc1ccc(Cn2cc(C)c(C(=O)c3ccc(C)cc3)c2C(=O)N2CCN(c3ccc(C)cc3C)CC2)cc1. The number of rotatable bonds is 6. The highest BCUT2D eigenvalue weighted by Crippen LogP contribution is 2.27. The summed E-state index contributed by atoms with van der Waals surface area (Å²) < 4.78 is 1.97. The Morgan fingerprint density at radius 1 is 0.692 bits per heavy atom. The highest BCUT2D eigenvalue weighted by molar-refractivity contribution is 6.15. The minimum atomic E-state index is -0.104. The molecule has 5 heteroatoms. The molecule has 0 radical (unpaired) electrons. The van der Waals surface area contributed by atoms with Crippen LogP contribution in [0, 0.1) is 34.6 Å². The van der Waals surface area contributed by atoms with Gasteiger partial charge in [-0.05, 0) is 57.4 Å². The third-order valence-corrected chi connectivity index (χ3v) is 7.74. The Hall–Kier alpha value is -4.12. The fraction of sp³-hybridized carbons (Fsp3) is 0.294. The summed E-state index contributed by atoms with van der Waals surface area (Å²) in [7, 11) is 0. The Morgan fingerprint density at radius 2 is 1.28 bits per heavy atom. The van der Waals surface area contributed by atoms with Gasteiger partial charge in [-0.2, -0.15) is 0 Å². The number of hydrogen-bond acceptors (Lipinski definition) is 3. The van der Waals surface area contributed by atoms with E-state index in [9.17, 15) is 9.59 Å². The molecular formula is C34H37N3O2. The van der Waals surface area contributed by atoms with Crippen molar-refractivity contribution in [3.05, 3.63) is 123 Å². The number of carbonyl (C=O) groups excluding carboxylic acids is 2. The fourth-order valence-corrected chi connectivity index (χ4v) is 5.53. The van der Waals surface area contributed by atoms with Crippen molar-refractivity contribution < 1.29 is 9.59 Å². The van der Waals surface area contributed by atoms with Gasteiger partial charge in [-0.1, -0.05) is 77.4 Å². The molecule has 1 aromatic heterocycles. The summed E-state index contributed by atoms with van der Waals surface area (Å²) in [6.07, 6.45) is 1.96. The summed E-state index contributed by atoms with van der Waals surface area (Å²) in [5.74, 6) is -0.182. The maximum absolute atomic E-state index is 14.2. The number of amides is 1. The van der Waals surface area contributed by atoms with Gasteiger partial charge in [0.05, 0.1) is 5.56 Å². The smallest absolute Gasteiger partial charge is 0.271 e. The van der Waals surface area contributed by atoms with Gasteiger partial charge in [-0.15, -0.1) is 0 Å². The van der Waals surface area contributed by atoms with Crippen molar-refractivity contribution in [3.8, 4) is 0 Å². The van der Waals surface area contributed by atoms with Crippen LogP contribution in [0.4, 0.5) is 5.69 Å². The van der Waals surface area contributed by atoms with E-state index in [-0.39, 0.29) is 11.7 Å². The fourth-order valence-electron chi connectivity index (χ4n) is 5.53. The van der Waals surface area contributed by atoms with Gasteiger partial charge < -0.3 is 14.4 Å². The molecule has 5 rings (SSSR count). The number of aromatic nitrogens is 1. The Morgan fingerprint density at radius 3 is 1.90 bits per heavy atom. The normalized spacial score (nSPS) is 13.6. The van der Waals surface area contributed by atoms with E-state index < -0.39 is 0 Å². The predicted molar refractivity (Wildman–Crippen MR) is 158 cm³/mol. The van der Waals surface area contributed by atoms with Crippen LogP contribution in [0.3, 0.4) is 0 Å². The molecule has 1 saturated heterocycles. The molecular weight excluding hydrogens is 482 g/mol. The molecule has 0 aliphatic carbocycles. The first-order valence-electron chi connectivity index (χ1n) is 13.7. The van der Waals surface area contributed by atoms with Crippen molar-refractivity contribution in [2.24, 2.45) is 0 Å². The number of benzene rings is 3. The Labute approximate surface area is 231 Å². The van der Waals surface area contributed by atoms with E-state index in [0.717, 1.165) is 29.8 Å². The molecule has 0 saturated carbocycles. The second kappa shape index (κ2) is 10.9. The predicted octanol–water partition coefficient (Wildman–Crippen LogP) is 6.27. The summed E-state index contributed by atoms with van der Waals surface area (Å²) >= 11 is 0. The van der Waals surface area contributed by atoms with Gasteiger partial charge in [0.1, 0.15) is 5.69 Å². The molecule has 200 valence electrons. The molecule has 2 heterocycles. The summed E-state index contributed by atoms with van der Waals surface area (Å²) in [6.45, 7) is 13.5. The van der Waals surface area contributed by atoms with Crippen molar-refractivity contribution >= 4 is 17.4 Å². The lowest BCUT2D eigenvalue weighted by molar-refractivity contribution is 0.0732. The summed E-state index contributed by atoms with van der Waals surface area (Å²) in [5.41, 5.74) is 9.53. The zero-order valence-electron chi connectivity index (χ0n) is 23.6. The van der Waals surface area contributed by atoms with E-state index in [4.69, 9.17) is 0 Å². The second-order valence-corrected chi connectivity index (χ2v) is 10.9. The molecule has 0 unspecified atom stereocenters. The van der Waals surface area contributed by atoms with Crippen molar-refractivity contribution in [1.82, 2.24) is 9.47 Å². The molecule has 0 bridgehead atoms. The third-order valence-electron chi connectivity index (χ3n) is 7.74. The zero-order valence-corrected chi connectivity index (χ0v) is 23.6. The van der Waals surface area contributed by atoms with E-state index in [1.54, 1.807) is 0 Å². The molecule has 4 aromatic rings. The number of piperazine rings is 1. The lowest BCUT2D eigenvalue weighted by Crippen LogP contribution is -2.49. The zero-order chi connectivity index (χ0) is 27.7. The molecule has 1 aliphatic heterocycles. The van der Waals surface area contributed by atoms with Gasteiger partial charge in [0.2, 0.25) is 0 Å². The minimum absolute atomic E-state index is 0.0778. The average Bonchev–Trinajstić information content (AvgIpc) is 3.25. The van der Waals surface area contributed by atoms with E-state index >= 15 is 0 Å². The second-order valence-electron chi connectivity index (χ2n) is 10.9. The summed E-state index contributed by atoms with van der Waals surface area (Å²) in [4.78, 5) is 32.2. The molecule has 3 aromatic carbocycles. The van der Waals surface area contributed by atoms with Crippen LogP contribution in [-0.2, 0) is 6.54 Å². The molecule has 1 amide bonds. The first-order valence-corrected chi connectivity index (χ1v) is 13.7. The molecule has 0 spiro atoms. The van der Waals surface area contributed by atoms with Crippen molar-refractivity contribution in [2.45, 2.75) is 41.2 Å². The maximum Gasteiger partial charge on any atom is 0.271 e. The van der Waals surface area contributed by atoms with Gasteiger partial charge in [0.15, 0.2) is 5.78 Å². The first kappa shape index (κ1) is 26.5. The highest BCUT2D eigenvalue weighted by atomic mass is 16.2. The maximum atomic E-state index is 14.2. The number of nitrogens with zero attached hydrogens (tertiary/aromatic N) is 3. The van der Waals surface area contributed by atoms with Crippen LogP contribution in [0.5, 0.6) is 0 Å². The van der Waals surface area contributed by atoms with Gasteiger partial charge in [-0.3, -0.25) is 9.59 Å². The van der Waals surface area contributed by atoms with E-state index in [1.165, 1.54) is 22.4 Å². The topological polar surface area (TPSA) is 45.6 Å². The van der Waals surface area contributed by atoms with Crippen LogP contribution in [0.1, 0.15) is 59.8 Å². The van der Waals surface area contributed by atoms with Crippen LogP contribution in [0.15, 0.2) is 72.9 Å². The molecule has 1 aliphatic rings. The molecule has 39 heavy (non-hydrogen) atoms. The quantitative estimate of drug-likeness (QED) is 0.282. The van der Waals surface area contributed by atoms with Crippen LogP contribution in [-0.4, -0.2) is 47.3 Å². The van der Waals surface area contributed by atoms with Crippen molar-refractivity contribution in [1.29, 1.82) is 0 Å². The molecule has 0 N–H and O–H groups in total. The van der Waals surface area contributed by atoms with Gasteiger partial charge >= 0.3 is 0 Å². The lowest BCUT2D eigenvalue weighted by atomic mass is 9.98. The van der Waals surface area contributed by atoms with Crippen molar-refractivity contribution in [2.75, 3.05) is 31.1 Å². The van der Waals surface area contributed by atoms with E-state index in [1.807, 2.05) is 53.8 Å². The molecule has 0 atom stereocenters. The standard InChI is InChI=1S/C34H37N3O2/c1-23-6-11-28(12-7-23)22-37-21-27(5)31(33(38)29-13-8-24(2)9-14-29)32(37)34(39)36-18-16-35(17-19-36)30-15-10-25(3)20-26(30)4/h6-15,20-21H,16-19,22H2,1-5H3. The van der Waals surface area contributed by atoms with Gasteiger partial charge in [0, 0.05) is 50.2 Å². The van der Waals surface area contributed by atoms with Gasteiger partial charge in [0.25, 0.3) is 5.91 Å². The number of anilines is 1. The number of hydrogen-bond donors (Lipinski definition) is 0.